The van der Waals surface area contributed by atoms with E-state index in [9.17, 15) is 19.5 Å². The number of rotatable bonds is 5. The number of aromatic hydroxyl groups is 1. The number of halogens is 1. The van der Waals surface area contributed by atoms with Crippen LogP contribution in [-0.2, 0) is 9.53 Å². The first kappa shape index (κ1) is 21.4. The van der Waals surface area contributed by atoms with Gasteiger partial charge in [0.2, 0.25) is 5.88 Å². The average molecular weight is 456 g/mol. The highest BCUT2D eigenvalue weighted by molar-refractivity contribution is 6.30. The highest BCUT2D eigenvalue weighted by Gasteiger charge is 2.29. The van der Waals surface area contributed by atoms with Crippen molar-refractivity contribution < 1.29 is 19.4 Å². The Morgan fingerprint density at radius 2 is 2.00 bits per heavy atom. The minimum atomic E-state index is -1.12. The second-order valence-corrected chi connectivity index (χ2v) is 7.51. The maximum absolute atomic E-state index is 13.3. The summed E-state index contributed by atoms with van der Waals surface area (Å²) in [5.74, 6) is -1.81. The van der Waals surface area contributed by atoms with Crippen LogP contribution in [0.25, 0.3) is 16.6 Å². The van der Waals surface area contributed by atoms with Crippen LogP contribution in [0.2, 0.25) is 5.02 Å². The summed E-state index contributed by atoms with van der Waals surface area (Å²) in [6.45, 7) is 0. The van der Waals surface area contributed by atoms with Gasteiger partial charge in [0.1, 0.15) is 11.4 Å². The van der Waals surface area contributed by atoms with Gasteiger partial charge in [-0.15, -0.1) is 0 Å². The predicted molar refractivity (Wildman–Crippen MR) is 118 cm³/mol. The topological polar surface area (TPSA) is 123 Å². The Labute approximate surface area is 185 Å². The molecule has 0 aliphatic carbocycles. The van der Waals surface area contributed by atoms with Gasteiger partial charge in [-0.1, -0.05) is 11.6 Å². The standard InChI is InChI=1S/C22H18ClN3O6/c1-31-13-5-3-11-7-15(20(28)24-16(11)8-13)14(9-18(27)32-2)19-21(29)25-17-6-4-12(23)10-26(17)22(19)30/h3-8,10,14,29H,9H2,1-2H3,(H,24,28)/t14-/m1/s1. The number of carbonyl (C=O) groups excluding carboxylic acids is 1. The molecule has 0 radical (unpaired) electrons. The van der Waals surface area contributed by atoms with Crippen LogP contribution in [0.4, 0.5) is 0 Å². The van der Waals surface area contributed by atoms with Crippen LogP contribution >= 0.6 is 11.6 Å². The number of nitrogens with zero attached hydrogens (tertiary/aromatic N) is 2. The molecule has 4 aromatic rings. The van der Waals surface area contributed by atoms with E-state index in [2.05, 4.69) is 9.97 Å². The van der Waals surface area contributed by atoms with Gasteiger partial charge in [0.05, 0.1) is 36.7 Å². The van der Waals surface area contributed by atoms with Crippen molar-refractivity contribution in [3.63, 3.8) is 0 Å². The van der Waals surface area contributed by atoms with Gasteiger partial charge >= 0.3 is 5.97 Å². The first-order valence-corrected chi connectivity index (χ1v) is 9.88. The van der Waals surface area contributed by atoms with Gasteiger partial charge < -0.3 is 19.6 Å². The Hall–Kier alpha value is -3.85. The maximum Gasteiger partial charge on any atom is 0.306 e. The van der Waals surface area contributed by atoms with Crippen LogP contribution in [0.5, 0.6) is 11.6 Å². The van der Waals surface area contributed by atoms with E-state index in [1.54, 1.807) is 24.3 Å². The van der Waals surface area contributed by atoms with Crippen molar-refractivity contribution >= 4 is 34.1 Å². The Morgan fingerprint density at radius 1 is 1.22 bits per heavy atom. The van der Waals surface area contributed by atoms with Crippen LogP contribution < -0.4 is 15.9 Å². The number of nitrogens with one attached hydrogen (secondary N) is 1. The Morgan fingerprint density at radius 3 is 2.72 bits per heavy atom. The fourth-order valence-corrected chi connectivity index (χ4v) is 3.78. The van der Waals surface area contributed by atoms with Gasteiger partial charge in [0, 0.05) is 23.7 Å². The normalized spacial score (nSPS) is 12.1. The molecule has 0 saturated heterocycles. The van der Waals surface area contributed by atoms with Crippen LogP contribution in [0, 0.1) is 0 Å². The molecule has 3 aromatic heterocycles. The number of pyridine rings is 2. The number of benzene rings is 1. The summed E-state index contributed by atoms with van der Waals surface area (Å²) < 4.78 is 11.1. The zero-order valence-corrected chi connectivity index (χ0v) is 17.8. The van der Waals surface area contributed by atoms with Gasteiger partial charge in [-0.25, -0.2) is 0 Å². The molecule has 3 heterocycles. The van der Waals surface area contributed by atoms with E-state index >= 15 is 0 Å². The van der Waals surface area contributed by atoms with E-state index in [1.165, 1.54) is 32.5 Å². The molecular weight excluding hydrogens is 438 g/mol. The van der Waals surface area contributed by atoms with E-state index in [4.69, 9.17) is 21.1 Å². The van der Waals surface area contributed by atoms with Crippen LogP contribution in [0.1, 0.15) is 23.5 Å². The lowest BCUT2D eigenvalue weighted by molar-refractivity contribution is -0.140. The molecule has 0 fully saturated rings. The monoisotopic (exact) mass is 455 g/mol. The number of hydrogen-bond donors (Lipinski definition) is 2. The summed E-state index contributed by atoms with van der Waals surface area (Å²) in [6, 6.07) is 9.66. The molecule has 4 rings (SSSR count). The first-order chi connectivity index (χ1) is 15.3. The number of H-pyrrole nitrogens is 1. The SMILES string of the molecule is COC(=O)C[C@H](c1cc2ccc(OC)cc2[nH]c1=O)c1c(O)nc2ccc(Cl)cn2c1=O. The zero-order valence-electron chi connectivity index (χ0n) is 17.1. The third-order valence-corrected chi connectivity index (χ3v) is 5.43. The fourth-order valence-electron chi connectivity index (χ4n) is 3.62. The van der Waals surface area contributed by atoms with E-state index in [0.717, 1.165) is 4.40 Å². The maximum atomic E-state index is 13.3. The lowest BCUT2D eigenvalue weighted by Crippen LogP contribution is -2.27. The first-order valence-electron chi connectivity index (χ1n) is 9.51. The van der Waals surface area contributed by atoms with Gasteiger partial charge in [0.25, 0.3) is 11.1 Å². The second kappa shape index (κ2) is 8.35. The van der Waals surface area contributed by atoms with Crippen molar-refractivity contribution in [1.82, 2.24) is 14.4 Å². The minimum Gasteiger partial charge on any atom is -0.497 e. The van der Waals surface area contributed by atoms with Crippen molar-refractivity contribution in [2.45, 2.75) is 12.3 Å². The third-order valence-electron chi connectivity index (χ3n) is 5.21. The molecule has 1 aromatic carbocycles. The van der Waals surface area contributed by atoms with Crippen molar-refractivity contribution in [2.75, 3.05) is 14.2 Å². The number of carbonyl (C=O) groups is 1. The number of esters is 1. The molecule has 10 heteroatoms. The van der Waals surface area contributed by atoms with Gasteiger partial charge in [-0.3, -0.25) is 18.8 Å². The zero-order chi connectivity index (χ0) is 23.0. The molecule has 0 saturated carbocycles. The quantitative estimate of drug-likeness (QED) is 0.443. The number of ether oxygens (including phenoxy) is 2. The van der Waals surface area contributed by atoms with Crippen molar-refractivity contribution in [2.24, 2.45) is 0 Å². The number of methoxy groups -OCH3 is 2. The second-order valence-electron chi connectivity index (χ2n) is 7.07. The highest BCUT2D eigenvalue weighted by Crippen LogP contribution is 2.31. The Kier molecular flexibility index (Phi) is 5.58. The summed E-state index contributed by atoms with van der Waals surface area (Å²) in [5, 5.41) is 11.5. The van der Waals surface area contributed by atoms with Crippen LogP contribution in [0.15, 0.2) is 52.2 Å². The van der Waals surface area contributed by atoms with Crippen molar-refractivity contribution in [1.29, 1.82) is 0 Å². The number of aromatic amines is 1. The molecule has 0 spiro atoms. The highest BCUT2D eigenvalue weighted by atomic mass is 35.5. The van der Waals surface area contributed by atoms with E-state index < -0.39 is 28.9 Å². The molecule has 0 unspecified atom stereocenters. The Bertz CT molecular complexity index is 1480. The predicted octanol–water partition coefficient (Wildman–Crippen LogP) is 2.60. The lowest BCUT2D eigenvalue weighted by atomic mass is 9.89. The molecule has 9 nitrogen and oxygen atoms in total. The summed E-state index contributed by atoms with van der Waals surface area (Å²) >= 11 is 6.01. The van der Waals surface area contributed by atoms with Gasteiger partial charge in [-0.05, 0) is 35.7 Å². The van der Waals surface area contributed by atoms with Crippen LogP contribution in [0.3, 0.4) is 0 Å². The summed E-state index contributed by atoms with van der Waals surface area (Å²) in [7, 11) is 2.71. The average Bonchev–Trinajstić information content (AvgIpc) is 2.78. The summed E-state index contributed by atoms with van der Waals surface area (Å²) in [4.78, 5) is 45.2. The lowest BCUT2D eigenvalue weighted by Gasteiger charge is -2.17. The third kappa shape index (κ3) is 3.78. The molecule has 0 aliphatic heterocycles. The Balaban J connectivity index is 1.99. The van der Waals surface area contributed by atoms with Gasteiger partial charge in [0.15, 0.2) is 0 Å². The van der Waals surface area contributed by atoms with Crippen molar-refractivity contribution in [3.8, 4) is 11.6 Å². The molecule has 1 atom stereocenters. The number of aromatic nitrogens is 3. The molecule has 0 aliphatic rings. The molecule has 32 heavy (non-hydrogen) atoms. The fraction of sp³-hybridized carbons (Fsp3) is 0.182. The summed E-state index contributed by atoms with van der Waals surface area (Å²) in [5.41, 5.74) is -0.623. The molecule has 2 N–H and O–H groups in total. The van der Waals surface area contributed by atoms with Crippen LogP contribution in [-0.4, -0.2) is 39.7 Å². The van der Waals surface area contributed by atoms with Crippen molar-refractivity contribution in [3.05, 3.63) is 79.5 Å². The number of hydrogen-bond acceptors (Lipinski definition) is 7. The smallest absolute Gasteiger partial charge is 0.306 e. The number of fused-ring (bicyclic) bond motifs is 2. The largest absolute Gasteiger partial charge is 0.497 e. The molecular formula is C22H18ClN3O6. The minimum absolute atomic E-state index is 0.101. The molecule has 0 bridgehead atoms. The van der Waals surface area contributed by atoms with E-state index in [-0.39, 0.29) is 28.2 Å². The molecule has 164 valence electrons. The van der Waals surface area contributed by atoms with E-state index in [0.29, 0.717) is 16.7 Å². The van der Waals surface area contributed by atoms with Gasteiger partial charge in [-0.2, -0.15) is 4.98 Å². The summed E-state index contributed by atoms with van der Waals surface area (Å²) in [6.07, 6.45) is 0.986. The molecule has 0 amide bonds. The van der Waals surface area contributed by atoms with E-state index in [1.807, 2.05) is 0 Å².